The summed E-state index contributed by atoms with van der Waals surface area (Å²) < 4.78 is 5.21. The van der Waals surface area contributed by atoms with E-state index in [1.54, 1.807) is 48.0 Å². The van der Waals surface area contributed by atoms with Gasteiger partial charge in [0.2, 0.25) is 5.91 Å². The van der Waals surface area contributed by atoms with Crippen molar-refractivity contribution < 1.29 is 14.3 Å². The first kappa shape index (κ1) is 20.3. The van der Waals surface area contributed by atoms with Gasteiger partial charge in [-0.05, 0) is 66.2 Å². The Balaban J connectivity index is 1.56. The molecule has 0 aromatic heterocycles. The Bertz CT molecular complexity index is 1070. The van der Waals surface area contributed by atoms with E-state index in [0.717, 1.165) is 17.0 Å². The van der Waals surface area contributed by atoms with Crippen molar-refractivity contribution in [1.29, 1.82) is 0 Å². The SMILES string of the molecule is COc1ccc(N2C(=O)CSC2c2cccc(NC(=O)c3ccc(Cl)cc3)c2)cc1. The van der Waals surface area contributed by atoms with Gasteiger partial charge in [0, 0.05) is 22.0 Å². The van der Waals surface area contributed by atoms with Gasteiger partial charge < -0.3 is 10.1 Å². The zero-order valence-electron chi connectivity index (χ0n) is 16.2. The molecule has 1 aliphatic heterocycles. The minimum Gasteiger partial charge on any atom is -0.497 e. The molecule has 4 rings (SSSR count). The molecule has 2 amide bonds. The molecular formula is C23H19ClN2O3S. The van der Waals surface area contributed by atoms with E-state index >= 15 is 0 Å². The summed E-state index contributed by atoms with van der Waals surface area (Å²) in [4.78, 5) is 26.9. The summed E-state index contributed by atoms with van der Waals surface area (Å²) in [5, 5.41) is 3.32. The fourth-order valence-electron chi connectivity index (χ4n) is 3.27. The number of nitrogens with one attached hydrogen (secondary N) is 1. The lowest BCUT2D eigenvalue weighted by Gasteiger charge is -2.25. The van der Waals surface area contributed by atoms with Crippen LogP contribution in [0.5, 0.6) is 5.75 Å². The Morgan fingerprint density at radius 1 is 1.10 bits per heavy atom. The summed E-state index contributed by atoms with van der Waals surface area (Å²) >= 11 is 7.45. The summed E-state index contributed by atoms with van der Waals surface area (Å²) in [5.74, 6) is 0.969. The number of halogens is 1. The van der Waals surface area contributed by atoms with Crippen LogP contribution in [0.25, 0.3) is 0 Å². The molecular weight excluding hydrogens is 420 g/mol. The van der Waals surface area contributed by atoms with Crippen molar-refractivity contribution in [1.82, 2.24) is 0 Å². The summed E-state index contributed by atoms with van der Waals surface area (Å²) in [5.41, 5.74) is 2.94. The molecule has 7 heteroatoms. The minimum atomic E-state index is -0.217. The van der Waals surface area contributed by atoms with Gasteiger partial charge in [0.15, 0.2) is 0 Å². The third kappa shape index (κ3) is 4.30. The van der Waals surface area contributed by atoms with Gasteiger partial charge in [-0.25, -0.2) is 0 Å². The molecule has 3 aromatic carbocycles. The number of hydrogen-bond acceptors (Lipinski definition) is 4. The van der Waals surface area contributed by atoms with E-state index in [4.69, 9.17) is 16.3 Å². The van der Waals surface area contributed by atoms with Crippen LogP contribution in [0.2, 0.25) is 5.02 Å². The molecule has 0 spiro atoms. The topological polar surface area (TPSA) is 58.6 Å². The second-order valence-corrected chi connectivity index (χ2v) is 8.22. The summed E-state index contributed by atoms with van der Waals surface area (Å²) in [6.07, 6.45) is 0. The number of ether oxygens (including phenoxy) is 1. The molecule has 1 aliphatic rings. The van der Waals surface area contributed by atoms with Crippen LogP contribution >= 0.6 is 23.4 Å². The van der Waals surface area contributed by atoms with Gasteiger partial charge in [-0.2, -0.15) is 0 Å². The van der Waals surface area contributed by atoms with Crippen LogP contribution in [0.1, 0.15) is 21.3 Å². The third-order valence-electron chi connectivity index (χ3n) is 4.75. The average Bonchev–Trinajstić information content (AvgIpc) is 3.16. The van der Waals surface area contributed by atoms with Crippen LogP contribution in [0.15, 0.2) is 72.8 Å². The predicted octanol–water partition coefficient (Wildman–Crippen LogP) is 5.38. The third-order valence-corrected chi connectivity index (χ3v) is 6.22. The molecule has 30 heavy (non-hydrogen) atoms. The molecule has 3 aromatic rings. The van der Waals surface area contributed by atoms with E-state index in [2.05, 4.69) is 5.32 Å². The zero-order valence-corrected chi connectivity index (χ0v) is 17.7. The van der Waals surface area contributed by atoms with Crippen molar-refractivity contribution in [2.75, 3.05) is 23.1 Å². The number of benzene rings is 3. The summed E-state index contributed by atoms with van der Waals surface area (Å²) in [7, 11) is 1.61. The number of hydrogen-bond donors (Lipinski definition) is 1. The zero-order chi connectivity index (χ0) is 21.1. The number of thioether (sulfide) groups is 1. The average molecular weight is 439 g/mol. The van der Waals surface area contributed by atoms with Crippen LogP contribution in [-0.4, -0.2) is 24.7 Å². The molecule has 1 atom stereocenters. The molecule has 1 N–H and O–H groups in total. The maximum absolute atomic E-state index is 12.6. The van der Waals surface area contributed by atoms with Gasteiger partial charge in [-0.3, -0.25) is 14.5 Å². The monoisotopic (exact) mass is 438 g/mol. The first-order valence-corrected chi connectivity index (χ1v) is 10.7. The van der Waals surface area contributed by atoms with Crippen molar-refractivity contribution in [3.8, 4) is 5.75 Å². The van der Waals surface area contributed by atoms with Crippen LogP contribution in [0.4, 0.5) is 11.4 Å². The number of carbonyl (C=O) groups is 2. The van der Waals surface area contributed by atoms with Crippen molar-refractivity contribution in [2.24, 2.45) is 0 Å². The molecule has 0 saturated carbocycles. The molecule has 0 aliphatic carbocycles. The second-order valence-electron chi connectivity index (χ2n) is 6.71. The molecule has 0 radical (unpaired) electrons. The van der Waals surface area contributed by atoms with Crippen molar-refractivity contribution in [2.45, 2.75) is 5.37 Å². The Morgan fingerprint density at radius 2 is 1.83 bits per heavy atom. The number of amides is 2. The van der Waals surface area contributed by atoms with Crippen molar-refractivity contribution >= 4 is 46.6 Å². The Labute approximate surface area is 184 Å². The van der Waals surface area contributed by atoms with E-state index in [-0.39, 0.29) is 17.2 Å². The Kier molecular flexibility index (Phi) is 5.97. The van der Waals surface area contributed by atoms with Crippen molar-refractivity contribution in [3.63, 3.8) is 0 Å². The number of nitrogens with zero attached hydrogens (tertiary/aromatic N) is 1. The summed E-state index contributed by atoms with van der Waals surface area (Å²) in [6, 6.07) is 21.7. The van der Waals surface area contributed by atoms with Crippen LogP contribution in [-0.2, 0) is 4.79 Å². The first-order chi connectivity index (χ1) is 14.5. The fraction of sp³-hybridized carbons (Fsp3) is 0.130. The molecule has 5 nitrogen and oxygen atoms in total. The highest BCUT2D eigenvalue weighted by Crippen LogP contribution is 2.42. The Morgan fingerprint density at radius 3 is 2.53 bits per heavy atom. The van der Waals surface area contributed by atoms with Crippen LogP contribution in [0, 0.1) is 0 Å². The molecule has 1 unspecified atom stereocenters. The quantitative estimate of drug-likeness (QED) is 0.581. The van der Waals surface area contributed by atoms with Gasteiger partial charge in [-0.15, -0.1) is 11.8 Å². The minimum absolute atomic E-state index is 0.0470. The standard InChI is InChI=1S/C23H19ClN2O3S/c1-29-20-11-9-19(10-12-20)26-21(27)14-30-23(26)16-3-2-4-18(13-16)25-22(28)15-5-7-17(24)8-6-15/h2-13,23H,14H2,1H3,(H,25,28). The van der Waals surface area contributed by atoms with Gasteiger partial charge in [0.05, 0.1) is 12.9 Å². The maximum Gasteiger partial charge on any atom is 0.255 e. The van der Waals surface area contributed by atoms with E-state index in [0.29, 0.717) is 22.0 Å². The van der Waals surface area contributed by atoms with Crippen LogP contribution < -0.4 is 15.0 Å². The lowest BCUT2D eigenvalue weighted by atomic mass is 10.1. The van der Waals surface area contributed by atoms with Gasteiger partial charge in [-0.1, -0.05) is 23.7 Å². The van der Waals surface area contributed by atoms with E-state index in [1.165, 1.54) is 0 Å². The smallest absolute Gasteiger partial charge is 0.255 e. The normalized spacial score (nSPS) is 15.9. The highest BCUT2D eigenvalue weighted by molar-refractivity contribution is 8.00. The first-order valence-electron chi connectivity index (χ1n) is 9.30. The largest absolute Gasteiger partial charge is 0.497 e. The van der Waals surface area contributed by atoms with E-state index in [1.807, 2.05) is 48.5 Å². The lowest BCUT2D eigenvalue weighted by Crippen LogP contribution is -2.27. The number of anilines is 2. The highest BCUT2D eigenvalue weighted by atomic mass is 35.5. The van der Waals surface area contributed by atoms with Gasteiger partial charge in [0.25, 0.3) is 5.91 Å². The molecule has 1 fully saturated rings. The van der Waals surface area contributed by atoms with E-state index in [9.17, 15) is 9.59 Å². The van der Waals surface area contributed by atoms with Crippen molar-refractivity contribution in [3.05, 3.63) is 88.9 Å². The maximum atomic E-state index is 12.6. The molecule has 1 heterocycles. The molecule has 152 valence electrons. The Hall–Kier alpha value is -2.96. The van der Waals surface area contributed by atoms with Gasteiger partial charge >= 0.3 is 0 Å². The second kappa shape index (κ2) is 8.81. The number of methoxy groups -OCH3 is 1. The number of rotatable bonds is 5. The lowest BCUT2D eigenvalue weighted by molar-refractivity contribution is -0.115. The van der Waals surface area contributed by atoms with Crippen LogP contribution in [0.3, 0.4) is 0 Å². The fourth-order valence-corrected chi connectivity index (χ4v) is 4.56. The molecule has 0 bridgehead atoms. The highest BCUT2D eigenvalue weighted by Gasteiger charge is 2.34. The molecule has 1 saturated heterocycles. The predicted molar refractivity (Wildman–Crippen MR) is 122 cm³/mol. The van der Waals surface area contributed by atoms with Gasteiger partial charge in [0.1, 0.15) is 11.1 Å². The number of carbonyl (C=O) groups excluding carboxylic acids is 2. The van der Waals surface area contributed by atoms with E-state index < -0.39 is 0 Å². The summed E-state index contributed by atoms with van der Waals surface area (Å²) in [6.45, 7) is 0.